The Hall–Kier alpha value is -0.650. The molecule has 0 saturated carbocycles. The smallest absolute Gasteiger partial charge is 0.238 e. The van der Waals surface area contributed by atoms with Crippen LogP contribution in [-0.4, -0.2) is 42.6 Å². The van der Waals surface area contributed by atoms with E-state index in [1.165, 1.54) is 0 Å². The van der Waals surface area contributed by atoms with Crippen LogP contribution in [0.3, 0.4) is 0 Å². The quantitative estimate of drug-likeness (QED) is 0.490. The van der Waals surface area contributed by atoms with Crippen LogP contribution in [0.2, 0.25) is 0 Å². The van der Waals surface area contributed by atoms with Gasteiger partial charge in [0.1, 0.15) is 0 Å². The summed E-state index contributed by atoms with van der Waals surface area (Å²) in [4.78, 5) is 13.6. The standard InChI is InChI=1S/C9H20N4O/c1-7(10)8(14)12-9(11)3-5-13(2)6-4-9/h7H,3-6,10-11H2,1-2H3,(H,12,14). The maximum atomic E-state index is 11.4. The Balaban J connectivity index is 2.46. The second-order valence-corrected chi connectivity index (χ2v) is 4.24. The lowest BCUT2D eigenvalue weighted by Crippen LogP contribution is -2.62. The first-order valence-corrected chi connectivity index (χ1v) is 4.98. The highest BCUT2D eigenvalue weighted by molar-refractivity contribution is 5.81. The summed E-state index contributed by atoms with van der Waals surface area (Å²) < 4.78 is 0. The third-order valence-corrected chi connectivity index (χ3v) is 2.66. The monoisotopic (exact) mass is 200 g/mol. The molecule has 14 heavy (non-hydrogen) atoms. The Morgan fingerprint density at radius 2 is 2.00 bits per heavy atom. The molecule has 0 aliphatic carbocycles. The Morgan fingerprint density at radius 1 is 1.50 bits per heavy atom. The number of carbonyl (C=O) groups is 1. The van der Waals surface area contributed by atoms with Gasteiger partial charge in [-0.05, 0) is 26.8 Å². The van der Waals surface area contributed by atoms with Crippen molar-refractivity contribution in [2.45, 2.75) is 31.5 Å². The fourth-order valence-electron chi connectivity index (χ4n) is 1.50. The second-order valence-electron chi connectivity index (χ2n) is 4.24. The molecule has 1 aliphatic rings. The van der Waals surface area contributed by atoms with Gasteiger partial charge in [0.05, 0.1) is 11.7 Å². The maximum Gasteiger partial charge on any atom is 0.238 e. The fraction of sp³-hybridized carbons (Fsp3) is 0.889. The molecule has 5 heteroatoms. The molecule has 0 bridgehead atoms. The van der Waals surface area contributed by atoms with Crippen molar-refractivity contribution in [1.29, 1.82) is 0 Å². The minimum atomic E-state index is -0.558. The lowest BCUT2D eigenvalue weighted by atomic mass is 9.98. The number of hydrogen-bond acceptors (Lipinski definition) is 4. The van der Waals surface area contributed by atoms with Crippen LogP contribution in [-0.2, 0) is 4.79 Å². The number of nitrogens with one attached hydrogen (secondary N) is 1. The summed E-state index contributed by atoms with van der Waals surface area (Å²) in [5.41, 5.74) is 10.9. The molecule has 82 valence electrons. The predicted molar refractivity (Wildman–Crippen MR) is 55.4 cm³/mol. The van der Waals surface area contributed by atoms with Crippen LogP contribution in [0.1, 0.15) is 19.8 Å². The summed E-state index contributed by atoms with van der Waals surface area (Å²) in [5.74, 6) is -0.169. The molecule has 5 nitrogen and oxygen atoms in total. The average Bonchev–Trinajstić information content (AvgIpc) is 2.10. The van der Waals surface area contributed by atoms with Gasteiger partial charge in [-0.1, -0.05) is 0 Å². The van der Waals surface area contributed by atoms with Gasteiger partial charge in [0.15, 0.2) is 0 Å². The van der Waals surface area contributed by atoms with Crippen LogP contribution >= 0.6 is 0 Å². The summed E-state index contributed by atoms with van der Waals surface area (Å²) in [6.07, 6.45) is 1.56. The summed E-state index contributed by atoms with van der Waals surface area (Å²) in [6.45, 7) is 3.49. The van der Waals surface area contributed by atoms with E-state index in [2.05, 4.69) is 10.2 Å². The fourth-order valence-corrected chi connectivity index (χ4v) is 1.50. The van der Waals surface area contributed by atoms with Crippen molar-refractivity contribution in [2.24, 2.45) is 11.5 Å². The Bertz CT molecular complexity index is 209. The first-order valence-electron chi connectivity index (χ1n) is 4.98. The number of piperidine rings is 1. The number of amides is 1. The number of rotatable bonds is 2. The maximum absolute atomic E-state index is 11.4. The van der Waals surface area contributed by atoms with Gasteiger partial charge < -0.3 is 21.7 Å². The van der Waals surface area contributed by atoms with Gasteiger partial charge in [0.2, 0.25) is 5.91 Å². The predicted octanol–water partition coefficient (Wildman–Crippen LogP) is -1.17. The van der Waals surface area contributed by atoms with E-state index in [1.54, 1.807) is 6.92 Å². The number of likely N-dealkylation sites (tertiary alicyclic amines) is 1. The van der Waals surface area contributed by atoms with Gasteiger partial charge in [-0.25, -0.2) is 0 Å². The molecule has 1 atom stereocenters. The minimum absolute atomic E-state index is 0.169. The number of carbonyl (C=O) groups excluding carboxylic acids is 1. The zero-order valence-electron chi connectivity index (χ0n) is 8.92. The third-order valence-electron chi connectivity index (χ3n) is 2.66. The van der Waals surface area contributed by atoms with Crippen LogP contribution in [0.15, 0.2) is 0 Å². The van der Waals surface area contributed by atoms with Crippen molar-refractivity contribution in [2.75, 3.05) is 20.1 Å². The van der Waals surface area contributed by atoms with Crippen LogP contribution in [0.25, 0.3) is 0 Å². The minimum Gasteiger partial charge on any atom is -0.337 e. The van der Waals surface area contributed by atoms with Gasteiger partial charge in [0.25, 0.3) is 0 Å². The molecule has 0 aromatic rings. The van der Waals surface area contributed by atoms with Gasteiger partial charge in [0, 0.05) is 13.1 Å². The highest BCUT2D eigenvalue weighted by Gasteiger charge is 2.31. The summed E-state index contributed by atoms with van der Waals surface area (Å²) in [7, 11) is 2.05. The van der Waals surface area contributed by atoms with Crippen molar-refractivity contribution in [3.63, 3.8) is 0 Å². The van der Waals surface area contributed by atoms with Gasteiger partial charge in [-0.2, -0.15) is 0 Å². The van der Waals surface area contributed by atoms with Gasteiger partial charge in [-0.15, -0.1) is 0 Å². The van der Waals surface area contributed by atoms with E-state index in [-0.39, 0.29) is 5.91 Å². The van der Waals surface area contributed by atoms with Crippen molar-refractivity contribution < 1.29 is 4.79 Å². The molecule has 1 fully saturated rings. The van der Waals surface area contributed by atoms with E-state index in [4.69, 9.17) is 11.5 Å². The topological polar surface area (TPSA) is 84.4 Å². The van der Waals surface area contributed by atoms with Crippen LogP contribution in [0.5, 0.6) is 0 Å². The summed E-state index contributed by atoms with van der Waals surface area (Å²) >= 11 is 0. The van der Waals surface area contributed by atoms with Crippen LogP contribution in [0.4, 0.5) is 0 Å². The van der Waals surface area contributed by atoms with E-state index in [0.29, 0.717) is 0 Å². The molecular weight excluding hydrogens is 180 g/mol. The largest absolute Gasteiger partial charge is 0.337 e. The van der Waals surface area contributed by atoms with Crippen molar-refractivity contribution >= 4 is 5.91 Å². The normalized spacial score (nSPS) is 24.3. The molecule has 5 N–H and O–H groups in total. The molecule has 1 saturated heterocycles. The highest BCUT2D eigenvalue weighted by atomic mass is 16.2. The molecule has 0 aromatic carbocycles. The molecule has 0 aromatic heterocycles. The van der Waals surface area contributed by atoms with Crippen molar-refractivity contribution in [3.8, 4) is 0 Å². The zero-order valence-corrected chi connectivity index (χ0v) is 8.92. The van der Waals surface area contributed by atoms with E-state index in [9.17, 15) is 4.79 Å². The van der Waals surface area contributed by atoms with Crippen molar-refractivity contribution in [1.82, 2.24) is 10.2 Å². The van der Waals surface area contributed by atoms with Gasteiger partial charge in [-0.3, -0.25) is 4.79 Å². The first-order chi connectivity index (χ1) is 6.43. The highest BCUT2D eigenvalue weighted by Crippen LogP contribution is 2.15. The SMILES string of the molecule is CC(N)C(=O)NC1(N)CCN(C)CC1. The Kier molecular flexibility index (Phi) is 3.47. The number of hydrogen-bond donors (Lipinski definition) is 3. The first kappa shape index (κ1) is 11.4. The lowest BCUT2D eigenvalue weighted by molar-refractivity contribution is -0.124. The second kappa shape index (κ2) is 4.25. The van der Waals surface area contributed by atoms with Crippen LogP contribution < -0.4 is 16.8 Å². The Morgan fingerprint density at radius 3 is 2.43 bits per heavy atom. The molecule has 1 amide bonds. The molecule has 1 heterocycles. The van der Waals surface area contributed by atoms with E-state index in [1.807, 2.05) is 7.05 Å². The molecule has 1 unspecified atom stereocenters. The zero-order chi connectivity index (χ0) is 10.8. The molecule has 1 aliphatic heterocycles. The van der Waals surface area contributed by atoms with E-state index >= 15 is 0 Å². The van der Waals surface area contributed by atoms with Crippen LogP contribution in [0, 0.1) is 0 Å². The summed E-state index contributed by atoms with van der Waals surface area (Å²) in [6, 6.07) is -0.491. The lowest BCUT2D eigenvalue weighted by Gasteiger charge is -2.38. The van der Waals surface area contributed by atoms with E-state index in [0.717, 1.165) is 25.9 Å². The van der Waals surface area contributed by atoms with E-state index < -0.39 is 11.7 Å². The third kappa shape index (κ3) is 2.94. The molecule has 0 spiro atoms. The molecular formula is C9H20N4O. The average molecular weight is 200 g/mol. The number of nitrogens with two attached hydrogens (primary N) is 2. The summed E-state index contributed by atoms with van der Waals surface area (Å²) in [5, 5.41) is 2.80. The number of nitrogens with zero attached hydrogens (tertiary/aromatic N) is 1. The van der Waals surface area contributed by atoms with Crippen molar-refractivity contribution in [3.05, 3.63) is 0 Å². The Labute approximate surface area is 84.8 Å². The molecule has 0 radical (unpaired) electrons. The van der Waals surface area contributed by atoms with Gasteiger partial charge >= 0.3 is 0 Å². The molecule has 1 rings (SSSR count).